The van der Waals surface area contributed by atoms with E-state index in [-0.39, 0.29) is 76.6 Å². The summed E-state index contributed by atoms with van der Waals surface area (Å²) in [5, 5.41) is 13.3. The van der Waals surface area contributed by atoms with Gasteiger partial charge >= 0.3 is 17.9 Å². The van der Waals surface area contributed by atoms with E-state index in [2.05, 4.69) is 5.32 Å². The first-order valence-corrected chi connectivity index (χ1v) is 12.8. The maximum atomic E-state index is 12.5. The number of aliphatic hydroxyl groups excluding tert-OH is 1. The van der Waals surface area contributed by atoms with Gasteiger partial charge in [0.2, 0.25) is 5.91 Å². The minimum atomic E-state index is -0.965. The number of carbonyl (C=O) groups excluding carboxylic acids is 4. The minimum Gasteiger partial charge on any atom is -0.463 e. The Morgan fingerprint density at radius 3 is 2.21 bits per heavy atom. The van der Waals surface area contributed by atoms with E-state index in [0.717, 1.165) is 0 Å². The molecule has 39 heavy (non-hydrogen) atoms. The third-order valence-electron chi connectivity index (χ3n) is 6.43. The number of ether oxygens (including phenoxy) is 7. The van der Waals surface area contributed by atoms with Gasteiger partial charge in [-0.3, -0.25) is 19.2 Å². The molecule has 2 aliphatic rings. The number of nitrogens with one attached hydrogen (secondary N) is 1. The van der Waals surface area contributed by atoms with Crippen LogP contribution in [0.15, 0.2) is 0 Å². The molecule has 1 radical (unpaired) electrons. The largest absolute Gasteiger partial charge is 0.463 e. The molecule has 2 rings (SSSR count). The summed E-state index contributed by atoms with van der Waals surface area (Å²) < 4.78 is 37.8. The second kappa shape index (κ2) is 18.3. The van der Waals surface area contributed by atoms with Crippen molar-refractivity contribution in [3.63, 3.8) is 0 Å². The molecule has 1 aliphatic heterocycles. The zero-order valence-corrected chi connectivity index (χ0v) is 26.1. The van der Waals surface area contributed by atoms with Crippen LogP contribution in [0.1, 0.15) is 52.9 Å². The molecule has 1 heterocycles. The smallest absolute Gasteiger partial charge is 0.303 e. The van der Waals surface area contributed by atoms with Gasteiger partial charge in [-0.1, -0.05) is 0 Å². The summed E-state index contributed by atoms with van der Waals surface area (Å²) in [5.41, 5.74) is 0. The number of methoxy groups -OCH3 is 2. The third kappa shape index (κ3) is 12.0. The number of hydrogen-bond acceptors (Lipinski definition) is 12. The van der Waals surface area contributed by atoms with Crippen LogP contribution >= 0.6 is 0 Å². The number of amides is 1. The minimum absolute atomic E-state index is 0. The summed E-state index contributed by atoms with van der Waals surface area (Å²) in [6.45, 7) is 4.11. The summed E-state index contributed by atoms with van der Waals surface area (Å²) in [6, 6.07) is -0.299. The molecule has 0 aromatic heterocycles. The Kier molecular flexibility index (Phi) is 16.8. The molecule has 0 aromatic carbocycles. The van der Waals surface area contributed by atoms with Gasteiger partial charge in [0.1, 0.15) is 24.9 Å². The van der Waals surface area contributed by atoms with E-state index < -0.39 is 54.7 Å². The van der Waals surface area contributed by atoms with Gasteiger partial charge in [-0.05, 0) is 19.3 Å². The fourth-order valence-electron chi connectivity index (χ4n) is 4.82. The van der Waals surface area contributed by atoms with Crippen molar-refractivity contribution in [3.05, 3.63) is 0 Å². The topological polar surface area (TPSA) is 165 Å². The quantitative estimate of drug-likeness (QED) is 0.152. The standard InChI is InChI=1S/C25H41NO12.Y/c1-14(27)35-13-20-25(37-16(3)29)19(36-15(2)28)11-22(38-20)34-9-7-6-8-21(30)26-18-10-17(12-32-4)23(31)24(18)33-5;/h17-20,22-25,31H,6-13H2,1-5H3,(H,26,30);. The summed E-state index contributed by atoms with van der Waals surface area (Å²) >= 11 is 0. The first-order chi connectivity index (χ1) is 18.0. The molecule has 13 nitrogen and oxygen atoms in total. The van der Waals surface area contributed by atoms with Crippen LogP contribution in [-0.2, 0) is 85.0 Å². The molecule has 1 saturated heterocycles. The van der Waals surface area contributed by atoms with Crippen LogP contribution in [0.3, 0.4) is 0 Å². The van der Waals surface area contributed by atoms with Gasteiger partial charge in [0.15, 0.2) is 12.4 Å². The Bertz CT molecular complexity index is 799. The van der Waals surface area contributed by atoms with Crippen LogP contribution in [0.4, 0.5) is 0 Å². The SMILES string of the molecule is COCC1CC(NC(=O)CCCCOC2CC(OC(C)=O)C(OC(C)=O)C(COC(C)=O)O2)C(OC)C1O.[Y]. The van der Waals surface area contributed by atoms with E-state index in [4.69, 9.17) is 33.2 Å². The van der Waals surface area contributed by atoms with Crippen LogP contribution in [0.5, 0.6) is 0 Å². The van der Waals surface area contributed by atoms with E-state index in [1.54, 1.807) is 7.11 Å². The molecule has 0 aromatic rings. The zero-order valence-electron chi connectivity index (χ0n) is 23.3. The zero-order chi connectivity index (χ0) is 28.2. The maximum absolute atomic E-state index is 12.5. The molecular formula is C25H41NO12Y. The third-order valence-corrected chi connectivity index (χ3v) is 6.43. The van der Waals surface area contributed by atoms with Crippen molar-refractivity contribution >= 4 is 23.8 Å². The second-order valence-corrected chi connectivity index (χ2v) is 9.51. The molecule has 1 aliphatic carbocycles. The molecule has 14 heteroatoms. The number of aliphatic hydroxyl groups is 1. The number of rotatable bonds is 14. The van der Waals surface area contributed by atoms with E-state index >= 15 is 0 Å². The van der Waals surface area contributed by atoms with Crippen molar-refractivity contribution in [2.24, 2.45) is 5.92 Å². The van der Waals surface area contributed by atoms with E-state index in [1.807, 2.05) is 0 Å². The van der Waals surface area contributed by atoms with Gasteiger partial charge in [0.25, 0.3) is 0 Å². The van der Waals surface area contributed by atoms with Gasteiger partial charge in [-0.2, -0.15) is 0 Å². The molecular weight excluding hydrogens is 595 g/mol. The second-order valence-electron chi connectivity index (χ2n) is 9.51. The van der Waals surface area contributed by atoms with Crippen molar-refractivity contribution in [2.75, 3.05) is 34.0 Å². The maximum Gasteiger partial charge on any atom is 0.303 e. The molecule has 0 bridgehead atoms. The Balaban J connectivity index is 0.00000760. The summed E-state index contributed by atoms with van der Waals surface area (Å²) in [5.74, 6) is -1.97. The van der Waals surface area contributed by atoms with Crippen LogP contribution in [-0.4, -0.2) is 106 Å². The average Bonchev–Trinajstić information content (AvgIpc) is 3.12. The van der Waals surface area contributed by atoms with Crippen molar-refractivity contribution in [1.82, 2.24) is 5.32 Å². The van der Waals surface area contributed by atoms with E-state index in [9.17, 15) is 24.3 Å². The Morgan fingerprint density at radius 1 is 0.923 bits per heavy atom. The molecule has 0 spiro atoms. The van der Waals surface area contributed by atoms with E-state index in [0.29, 0.717) is 25.9 Å². The van der Waals surface area contributed by atoms with Gasteiger partial charge in [0, 0.05) is 93.1 Å². The molecule has 2 N–H and O–H groups in total. The molecule has 2 fully saturated rings. The number of carbonyl (C=O) groups is 4. The molecule has 221 valence electrons. The summed E-state index contributed by atoms with van der Waals surface area (Å²) in [7, 11) is 3.07. The van der Waals surface area contributed by atoms with Crippen LogP contribution < -0.4 is 5.32 Å². The van der Waals surface area contributed by atoms with Gasteiger partial charge in [-0.25, -0.2) is 0 Å². The Hall–Kier alpha value is -1.22. The van der Waals surface area contributed by atoms with Gasteiger partial charge in [-0.15, -0.1) is 0 Å². The summed E-state index contributed by atoms with van der Waals surface area (Å²) in [4.78, 5) is 47.0. The Labute approximate surface area is 254 Å². The van der Waals surface area contributed by atoms with Crippen LogP contribution in [0.25, 0.3) is 0 Å². The number of esters is 3. The fourth-order valence-corrected chi connectivity index (χ4v) is 4.82. The summed E-state index contributed by atoms with van der Waals surface area (Å²) in [6.07, 6.45) is -2.71. The molecule has 1 amide bonds. The predicted octanol–water partition coefficient (Wildman–Crippen LogP) is 0.239. The predicted molar refractivity (Wildman–Crippen MR) is 130 cm³/mol. The van der Waals surface area contributed by atoms with Crippen molar-refractivity contribution in [3.8, 4) is 0 Å². The fraction of sp³-hybridized carbons (Fsp3) is 0.840. The van der Waals surface area contributed by atoms with Crippen molar-refractivity contribution < 1.29 is 90.2 Å². The molecule has 8 atom stereocenters. The van der Waals surface area contributed by atoms with Crippen LogP contribution in [0, 0.1) is 5.92 Å². The first kappa shape index (κ1) is 35.8. The van der Waals surface area contributed by atoms with Gasteiger partial charge < -0.3 is 43.6 Å². The Morgan fingerprint density at radius 2 is 1.62 bits per heavy atom. The van der Waals surface area contributed by atoms with Crippen LogP contribution in [0.2, 0.25) is 0 Å². The van der Waals surface area contributed by atoms with E-state index in [1.165, 1.54) is 27.9 Å². The number of hydrogen-bond donors (Lipinski definition) is 2. The first-order valence-electron chi connectivity index (χ1n) is 12.8. The molecule has 8 unspecified atom stereocenters. The monoisotopic (exact) mass is 636 g/mol. The van der Waals surface area contributed by atoms with Crippen molar-refractivity contribution in [1.29, 1.82) is 0 Å². The number of unbranched alkanes of at least 4 members (excludes halogenated alkanes) is 1. The molecule has 1 saturated carbocycles. The van der Waals surface area contributed by atoms with Gasteiger partial charge in [0.05, 0.1) is 18.8 Å². The normalized spacial score (nSPS) is 30.1. The van der Waals surface area contributed by atoms with Crippen molar-refractivity contribution in [2.45, 2.75) is 95.7 Å². The average molecular weight is 637 g/mol.